The minimum absolute atomic E-state index is 0.100. The number of pyridine rings is 1. The predicted molar refractivity (Wildman–Crippen MR) is 121 cm³/mol. The monoisotopic (exact) mass is 522 g/mol. The summed E-state index contributed by atoms with van der Waals surface area (Å²) in [7, 11) is 0. The van der Waals surface area contributed by atoms with E-state index in [-0.39, 0.29) is 39.9 Å². The average molecular weight is 523 g/mol. The van der Waals surface area contributed by atoms with Crippen LogP contribution < -0.4 is 4.74 Å². The zero-order valence-electron chi connectivity index (χ0n) is 18.5. The van der Waals surface area contributed by atoms with Crippen LogP contribution in [0.3, 0.4) is 0 Å². The number of halogens is 5. The SMILES string of the molecule is O=C1C=C(c2c(OC(F)F)ccc(Cl)c2F)CC2CC[C@@H](c3ncc(-c4ccnc(CO)c4F)[nH]3)N12. The van der Waals surface area contributed by atoms with Gasteiger partial charge in [-0.2, -0.15) is 8.78 Å². The lowest BCUT2D eigenvalue weighted by Gasteiger charge is -2.33. The number of benzene rings is 1. The van der Waals surface area contributed by atoms with Crippen molar-refractivity contribution in [2.24, 2.45) is 0 Å². The molecular weight excluding hydrogens is 504 g/mol. The van der Waals surface area contributed by atoms with Gasteiger partial charge >= 0.3 is 6.61 Å². The maximum absolute atomic E-state index is 14.9. The molecule has 1 unspecified atom stereocenters. The predicted octanol–water partition coefficient (Wildman–Crippen LogP) is 5.02. The number of ether oxygens (including phenoxy) is 1. The molecule has 188 valence electrons. The second kappa shape index (κ2) is 9.55. The summed E-state index contributed by atoms with van der Waals surface area (Å²) in [6, 6.07) is 2.92. The van der Waals surface area contributed by atoms with E-state index in [4.69, 9.17) is 11.6 Å². The number of aliphatic hydroxyl groups excluding tert-OH is 1. The highest BCUT2D eigenvalue weighted by Gasteiger charge is 2.42. The quantitative estimate of drug-likeness (QED) is 0.444. The third-order valence-corrected chi connectivity index (χ3v) is 6.71. The molecular formula is C24H19ClF4N4O3. The molecule has 2 aliphatic heterocycles. The first-order valence-electron chi connectivity index (χ1n) is 11.0. The van der Waals surface area contributed by atoms with Crippen molar-refractivity contribution < 1.29 is 32.2 Å². The number of aromatic nitrogens is 3. The van der Waals surface area contributed by atoms with E-state index in [0.29, 0.717) is 24.4 Å². The molecule has 1 saturated heterocycles. The van der Waals surface area contributed by atoms with Crippen LogP contribution in [-0.4, -0.2) is 43.5 Å². The van der Waals surface area contributed by atoms with E-state index in [1.165, 1.54) is 24.5 Å². The number of carbonyl (C=O) groups is 1. The van der Waals surface area contributed by atoms with Crippen molar-refractivity contribution in [1.82, 2.24) is 19.9 Å². The fourth-order valence-electron chi connectivity index (χ4n) is 4.87. The number of aromatic amines is 1. The number of carbonyl (C=O) groups excluding carboxylic acids is 1. The van der Waals surface area contributed by atoms with Crippen molar-refractivity contribution in [2.45, 2.75) is 44.6 Å². The lowest BCUT2D eigenvalue weighted by Crippen LogP contribution is -2.39. The first-order valence-corrected chi connectivity index (χ1v) is 11.4. The van der Waals surface area contributed by atoms with E-state index in [0.717, 1.165) is 12.1 Å². The first-order chi connectivity index (χ1) is 17.3. The fourth-order valence-corrected chi connectivity index (χ4v) is 5.03. The van der Waals surface area contributed by atoms with Crippen LogP contribution in [0.1, 0.15) is 42.4 Å². The maximum Gasteiger partial charge on any atom is 0.387 e. The molecule has 0 radical (unpaired) electrons. The third kappa shape index (κ3) is 4.22. The van der Waals surface area contributed by atoms with Crippen molar-refractivity contribution in [3.63, 3.8) is 0 Å². The zero-order valence-corrected chi connectivity index (χ0v) is 19.3. The number of hydrogen-bond acceptors (Lipinski definition) is 5. The molecule has 2 aliphatic rings. The van der Waals surface area contributed by atoms with Crippen LogP contribution in [0.5, 0.6) is 5.75 Å². The Labute approximate surface area is 207 Å². The molecule has 0 aliphatic carbocycles. The summed E-state index contributed by atoms with van der Waals surface area (Å²) in [5, 5.41) is 8.99. The largest absolute Gasteiger partial charge is 0.434 e. The highest BCUT2D eigenvalue weighted by molar-refractivity contribution is 6.31. The van der Waals surface area contributed by atoms with Gasteiger partial charge in [0.1, 0.15) is 17.3 Å². The Balaban J connectivity index is 1.45. The Morgan fingerprint density at radius 3 is 2.75 bits per heavy atom. The van der Waals surface area contributed by atoms with E-state index in [9.17, 15) is 27.5 Å². The van der Waals surface area contributed by atoms with Gasteiger partial charge in [0.15, 0.2) is 11.6 Å². The van der Waals surface area contributed by atoms with Gasteiger partial charge in [0, 0.05) is 23.9 Å². The summed E-state index contributed by atoms with van der Waals surface area (Å²) in [6.45, 7) is -3.73. The number of fused-ring (bicyclic) bond motifs is 1. The van der Waals surface area contributed by atoms with Crippen molar-refractivity contribution in [2.75, 3.05) is 0 Å². The number of nitrogens with one attached hydrogen (secondary N) is 1. The van der Waals surface area contributed by atoms with Crippen molar-refractivity contribution >= 4 is 23.1 Å². The third-order valence-electron chi connectivity index (χ3n) is 6.42. The van der Waals surface area contributed by atoms with E-state index in [2.05, 4.69) is 19.7 Å². The van der Waals surface area contributed by atoms with Crippen LogP contribution >= 0.6 is 11.6 Å². The molecule has 5 rings (SSSR count). The van der Waals surface area contributed by atoms with Gasteiger partial charge < -0.3 is 19.7 Å². The van der Waals surface area contributed by atoms with Crippen LogP contribution in [0.25, 0.3) is 16.8 Å². The van der Waals surface area contributed by atoms with Crippen molar-refractivity contribution in [3.8, 4) is 17.0 Å². The van der Waals surface area contributed by atoms with E-state index < -0.39 is 42.6 Å². The topological polar surface area (TPSA) is 91.3 Å². The van der Waals surface area contributed by atoms with Crippen LogP contribution in [0.2, 0.25) is 5.02 Å². The van der Waals surface area contributed by atoms with Crippen molar-refractivity contribution in [1.29, 1.82) is 0 Å². The number of H-pyrrole nitrogens is 1. The number of rotatable bonds is 6. The highest BCUT2D eigenvalue weighted by atomic mass is 35.5. The molecule has 2 aromatic heterocycles. The molecule has 36 heavy (non-hydrogen) atoms. The summed E-state index contributed by atoms with van der Waals surface area (Å²) < 4.78 is 59.8. The molecule has 0 saturated carbocycles. The standard InChI is InChI=1S/C24H19ClF4N4O3/c25-14-2-4-18(36-24(28)29)20(22(14)27)11-7-12-1-3-17(33(12)19(35)8-11)23-31-9-15(32-23)13-5-6-30-16(10-34)21(13)26/h2,4-6,8-9,12,17,24,34H,1,3,7,10H2,(H,31,32)/t12?,17-/m0/s1. The number of alkyl halides is 2. The number of hydrogen-bond donors (Lipinski definition) is 2. The molecule has 1 aromatic carbocycles. The molecule has 1 amide bonds. The molecule has 2 atom stereocenters. The minimum atomic E-state index is -3.18. The van der Waals surface area contributed by atoms with Gasteiger partial charge in [-0.15, -0.1) is 0 Å². The summed E-state index contributed by atoms with van der Waals surface area (Å²) >= 11 is 5.88. The average Bonchev–Trinajstić information content (AvgIpc) is 3.49. The Hall–Kier alpha value is -3.44. The van der Waals surface area contributed by atoms with Gasteiger partial charge in [0.2, 0.25) is 5.91 Å². The van der Waals surface area contributed by atoms with Crippen molar-refractivity contribution in [3.05, 3.63) is 70.4 Å². The number of nitrogens with zero attached hydrogens (tertiary/aromatic N) is 3. The van der Waals surface area contributed by atoms with Crippen LogP contribution in [0.15, 0.2) is 36.7 Å². The molecule has 0 spiro atoms. The summed E-state index contributed by atoms with van der Waals surface area (Å²) in [6.07, 6.45) is 5.29. The summed E-state index contributed by atoms with van der Waals surface area (Å²) in [5.41, 5.74) is 0.397. The second-order valence-corrected chi connectivity index (χ2v) is 8.85. The highest BCUT2D eigenvalue weighted by Crippen LogP contribution is 2.45. The second-order valence-electron chi connectivity index (χ2n) is 8.44. The normalized spacial score (nSPS) is 19.6. The summed E-state index contributed by atoms with van der Waals surface area (Å²) in [5.74, 6) is -2.01. The Kier molecular flexibility index (Phi) is 6.44. The molecule has 7 nitrogen and oxygen atoms in total. The Morgan fingerprint density at radius 2 is 2.00 bits per heavy atom. The van der Waals surface area contributed by atoms with Crippen LogP contribution in [0.4, 0.5) is 17.6 Å². The molecule has 1 fully saturated rings. The number of imidazole rings is 1. The first kappa shape index (κ1) is 24.3. The molecule has 12 heteroatoms. The van der Waals surface area contributed by atoms with E-state index in [1.54, 1.807) is 4.90 Å². The number of amides is 1. The molecule has 4 heterocycles. The summed E-state index contributed by atoms with van der Waals surface area (Å²) in [4.78, 5) is 25.9. The van der Waals surface area contributed by atoms with Crippen LogP contribution in [-0.2, 0) is 11.4 Å². The van der Waals surface area contributed by atoms with Gasteiger partial charge in [-0.05, 0) is 43.0 Å². The minimum Gasteiger partial charge on any atom is -0.434 e. The van der Waals surface area contributed by atoms with Crippen LogP contribution in [0, 0.1) is 11.6 Å². The number of aliphatic hydroxyl groups is 1. The fraction of sp³-hybridized carbons (Fsp3) is 0.292. The molecule has 3 aromatic rings. The lowest BCUT2D eigenvalue weighted by molar-refractivity contribution is -0.129. The van der Waals surface area contributed by atoms with Gasteiger partial charge in [-0.1, -0.05) is 11.6 Å². The van der Waals surface area contributed by atoms with Gasteiger partial charge in [-0.25, -0.2) is 13.8 Å². The molecule has 2 N–H and O–H groups in total. The Morgan fingerprint density at radius 1 is 1.19 bits per heavy atom. The van der Waals surface area contributed by atoms with E-state index >= 15 is 0 Å². The van der Waals surface area contributed by atoms with E-state index in [1.807, 2.05) is 0 Å². The Bertz CT molecular complexity index is 1360. The van der Waals surface area contributed by atoms with Gasteiger partial charge in [0.25, 0.3) is 0 Å². The van der Waals surface area contributed by atoms with Gasteiger partial charge in [0.05, 0.1) is 35.1 Å². The van der Waals surface area contributed by atoms with Gasteiger partial charge in [-0.3, -0.25) is 9.78 Å². The maximum atomic E-state index is 14.9. The lowest BCUT2D eigenvalue weighted by atomic mass is 9.93. The zero-order chi connectivity index (χ0) is 25.6. The molecule has 0 bridgehead atoms. The smallest absolute Gasteiger partial charge is 0.387 e.